The van der Waals surface area contributed by atoms with Gasteiger partial charge in [-0.2, -0.15) is 0 Å². The molecule has 0 aliphatic rings. The maximum Gasteiger partial charge on any atom is 0.159 e. The highest BCUT2D eigenvalue weighted by Gasteiger charge is 2.08. The third-order valence-electron chi connectivity index (χ3n) is 3.37. The van der Waals surface area contributed by atoms with Crippen molar-refractivity contribution in [1.29, 1.82) is 0 Å². The van der Waals surface area contributed by atoms with Crippen LogP contribution in [0.3, 0.4) is 0 Å². The van der Waals surface area contributed by atoms with Gasteiger partial charge in [0, 0.05) is 23.5 Å². The molecule has 0 aliphatic heterocycles. The second-order valence-electron chi connectivity index (χ2n) is 5.14. The first-order valence-corrected chi connectivity index (χ1v) is 6.79. The van der Waals surface area contributed by atoms with Gasteiger partial charge in [-0.05, 0) is 31.0 Å². The Balaban J connectivity index is 1.99. The molecule has 1 heterocycles. The van der Waals surface area contributed by atoms with Gasteiger partial charge < -0.3 is 0 Å². The first kappa shape index (κ1) is 13.4. The molecule has 104 valence electrons. The van der Waals surface area contributed by atoms with E-state index in [9.17, 15) is 4.39 Å². The average Bonchev–Trinajstić information content (AvgIpc) is 2.49. The number of nitrogens with zero attached hydrogens (tertiary/aromatic N) is 2. The third kappa shape index (κ3) is 2.82. The molecule has 0 radical (unpaired) electrons. The van der Waals surface area contributed by atoms with E-state index in [2.05, 4.69) is 9.97 Å². The monoisotopic (exact) mass is 278 g/mol. The Morgan fingerprint density at radius 3 is 2.00 bits per heavy atom. The van der Waals surface area contributed by atoms with Crippen LogP contribution in [0.5, 0.6) is 0 Å². The maximum absolute atomic E-state index is 14.3. The summed E-state index contributed by atoms with van der Waals surface area (Å²) >= 11 is 0. The van der Waals surface area contributed by atoms with Crippen LogP contribution in [-0.4, -0.2) is 9.97 Å². The molecule has 21 heavy (non-hydrogen) atoms. The number of hydrogen-bond acceptors (Lipinski definition) is 2. The van der Waals surface area contributed by atoms with Crippen LogP contribution < -0.4 is 0 Å². The van der Waals surface area contributed by atoms with Crippen LogP contribution in [0.1, 0.15) is 11.1 Å². The SMILES string of the molecule is Cc1ccc(-c2ccc(-c3ncc(C)cn3)cc2F)cc1. The summed E-state index contributed by atoms with van der Waals surface area (Å²) in [5.41, 5.74) is 4.28. The molecule has 3 aromatic rings. The number of rotatable bonds is 2. The van der Waals surface area contributed by atoms with Crippen LogP contribution in [0.2, 0.25) is 0 Å². The summed E-state index contributed by atoms with van der Waals surface area (Å²) in [7, 11) is 0. The highest BCUT2D eigenvalue weighted by molar-refractivity contribution is 5.68. The molecule has 0 saturated carbocycles. The Morgan fingerprint density at radius 2 is 1.38 bits per heavy atom. The summed E-state index contributed by atoms with van der Waals surface area (Å²) in [6, 6.07) is 12.9. The van der Waals surface area contributed by atoms with Gasteiger partial charge in [0.1, 0.15) is 5.82 Å². The summed E-state index contributed by atoms with van der Waals surface area (Å²) in [4.78, 5) is 8.45. The lowest BCUT2D eigenvalue weighted by atomic mass is 10.0. The number of halogens is 1. The zero-order valence-corrected chi connectivity index (χ0v) is 12.0. The Hall–Kier alpha value is -2.55. The summed E-state index contributed by atoms with van der Waals surface area (Å²) < 4.78 is 14.3. The smallest absolute Gasteiger partial charge is 0.159 e. The first-order valence-electron chi connectivity index (χ1n) is 6.79. The van der Waals surface area contributed by atoms with Gasteiger partial charge in [0.05, 0.1) is 0 Å². The number of benzene rings is 2. The molecule has 0 unspecified atom stereocenters. The van der Waals surface area contributed by atoms with Crippen LogP contribution in [0, 0.1) is 19.7 Å². The van der Waals surface area contributed by atoms with Crippen LogP contribution in [0.4, 0.5) is 4.39 Å². The van der Waals surface area contributed by atoms with E-state index in [0.29, 0.717) is 17.0 Å². The van der Waals surface area contributed by atoms with E-state index >= 15 is 0 Å². The molecule has 3 rings (SSSR count). The van der Waals surface area contributed by atoms with Crippen LogP contribution >= 0.6 is 0 Å². The quantitative estimate of drug-likeness (QED) is 0.686. The molecule has 1 aromatic heterocycles. The van der Waals surface area contributed by atoms with Gasteiger partial charge in [0.25, 0.3) is 0 Å². The lowest BCUT2D eigenvalue weighted by Gasteiger charge is -2.06. The molecule has 0 amide bonds. The van der Waals surface area contributed by atoms with E-state index in [0.717, 1.165) is 16.7 Å². The van der Waals surface area contributed by atoms with Crippen molar-refractivity contribution >= 4 is 0 Å². The second kappa shape index (κ2) is 5.44. The van der Waals surface area contributed by atoms with E-state index in [-0.39, 0.29) is 5.82 Å². The van der Waals surface area contributed by atoms with Crippen molar-refractivity contribution in [2.75, 3.05) is 0 Å². The van der Waals surface area contributed by atoms with Crippen molar-refractivity contribution in [3.63, 3.8) is 0 Å². The lowest BCUT2D eigenvalue weighted by molar-refractivity contribution is 0.631. The summed E-state index contributed by atoms with van der Waals surface area (Å²) in [6.45, 7) is 3.93. The minimum atomic E-state index is -0.263. The lowest BCUT2D eigenvalue weighted by Crippen LogP contribution is -1.91. The number of aromatic nitrogens is 2. The normalized spacial score (nSPS) is 10.6. The molecule has 3 heteroatoms. The second-order valence-corrected chi connectivity index (χ2v) is 5.14. The molecule has 0 N–H and O–H groups in total. The highest BCUT2D eigenvalue weighted by Crippen LogP contribution is 2.26. The fourth-order valence-electron chi connectivity index (χ4n) is 2.16. The molecule has 2 aromatic carbocycles. The van der Waals surface area contributed by atoms with Crippen LogP contribution in [0.15, 0.2) is 54.9 Å². The molecule has 0 spiro atoms. The van der Waals surface area contributed by atoms with E-state index < -0.39 is 0 Å². The molecule has 2 nitrogen and oxygen atoms in total. The predicted molar refractivity (Wildman–Crippen MR) is 82.3 cm³/mol. The van der Waals surface area contributed by atoms with E-state index in [4.69, 9.17) is 0 Å². The fourth-order valence-corrected chi connectivity index (χ4v) is 2.16. The molecule has 0 fully saturated rings. The van der Waals surface area contributed by atoms with Gasteiger partial charge in [0.15, 0.2) is 5.82 Å². The van der Waals surface area contributed by atoms with Crippen LogP contribution in [0.25, 0.3) is 22.5 Å². The van der Waals surface area contributed by atoms with E-state index in [1.807, 2.05) is 44.2 Å². The molecule has 0 atom stereocenters. The van der Waals surface area contributed by atoms with Crippen molar-refractivity contribution < 1.29 is 4.39 Å². The highest BCUT2D eigenvalue weighted by atomic mass is 19.1. The fraction of sp³-hybridized carbons (Fsp3) is 0.111. The predicted octanol–water partition coefficient (Wildman–Crippen LogP) is 4.57. The summed E-state index contributed by atoms with van der Waals surface area (Å²) in [5, 5.41) is 0. The van der Waals surface area contributed by atoms with Crippen molar-refractivity contribution in [3.8, 4) is 22.5 Å². The summed E-state index contributed by atoms with van der Waals surface area (Å²) in [6.07, 6.45) is 3.46. The van der Waals surface area contributed by atoms with Crippen LogP contribution in [-0.2, 0) is 0 Å². The van der Waals surface area contributed by atoms with E-state index in [1.165, 1.54) is 6.07 Å². The topological polar surface area (TPSA) is 25.8 Å². The van der Waals surface area contributed by atoms with Gasteiger partial charge in [0.2, 0.25) is 0 Å². The Bertz CT molecular complexity index is 762. The van der Waals surface area contributed by atoms with E-state index in [1.54, 1.807) is 18.5 Å². The van der Waals surface area contributed by atoms with Gasteiger partial charge in [-0.1, -0.05) is 42.0 Å². The Labute approximate surface area is 123 Å². The maximum atomic E-state index is 14.3. The largest absolute Gasteiger partial charge is 0.236 e. The molecular formula is C18H15FN2. The zero-order valence-electron chi connectivity index (χ0n) is 12.0. The summed E-state index contributed by atoms with van der Waals surface area (Å²) in [5.74, 6) is 0.274. The zero-order chi connectivity index (χ0) is 14.8. The first-order chi connectivity index (χ1) is 10.1. The standard InChI is InChI=1S/C18H15FN2/c1-12-3-5-14(6-4-12)16-8-7-15(9-17(16)19)18-20-10-13(2)11-21-18/h3-11H,1-2H3. The van der Waals surface area contributed by atoms with Gasteiger partial charge >= 0.3 is 0 Å². The van der Waals surface area contributed by atoms with Crippen molar-refractivity contribution in [3.05, 3.63) is 71.8 Å². The molecule has 0 bridgehead atoms. The Kier molecular flexibility index (Phi) is 3.48. The average molecular weight is 278 g/mol. The minimum Gasteiger partial charge on any atom is -0.236 e. The molecule has 0 aliphatic carbocycles. The van der Waals surface area contributed by atoms with Crippen molar-refractivity contribution in [2.24, 2.45) is 0 Å². The number of aryl methyl sites for hydroxylation is 2. The Morgan fingerprint density at radius 1 is 0.762 bits per heavy atom. The van der Waals surface area contributed by atoms with Gasteiger partial charge in [-0.25, -0.2) is 14.4 Å². The van der Waals surface area contributed by atoms with Crippen molar-refractivity contribution in [2.45, 2.75) is 13.8 Å². The minimum absolute atomic E-state index is 0.263. The van der Waals surface area contributed by atoms with Gasteiger partial charge in [-0.3, -0.25) is 0 Å². The number of hydrogen-bond donors (Lipinski definition) is 0. The van der Waals surface area contributed by atoms with Crippen molar-refractivity contribution in [1.82, 2.24) is 9.97 Å². The third-order valence-corrected chi connectivity index (χ3v) is 3.37. The van der Waals surface area contributed by atoms with Gasteiger partial charge in [-0.15, -0.1) is 0 Å². The molecular weight excluding hydrogens is 263 g/mol. The molecule has 0 saturated heterocycles.